The van der Waals surface area contributed by atoms with Gasteiger partial charge in [-0.25, -0.2) is 4.79 Å². The van der Waals surface area contributed by atoms with E-state index in [4.69, 9.17) is 9.84 Å². The van der Waals surface area contributed by atoms with Crippen LogP contribution >= 0.6 is 0 Å². The van der Waals surface area contributed by atoms with E-state index in [0.29, 0.717) is 0 Å². The Morgan fingerprint density at radius 3 is 2.75 bits per heavy atom. The molecule has 5 N–H and O–H groups in total. The molecule has 0 aliphatic carbocycles. The van der Waals surface area contributed by atoms with Crippen LogP contribution in [0.2, 0.25) is 0 Å². The first kappa shape index (κ1) is 13.0. The summed E-state index contributed by atoms with van der Waals surface area (Å²) in [5.74, 6) is 0. The van der Waals surface area contributed by atoms with Gasteiger partial charge in [0, 0.05) is 0 Å². The number of aliphatic hydroxyl groups excluding tert-OH is 3. The molecule has 0 aromatic carbocycles. The molecule has 0 radical (unpaired) electrons. The van der Waals surface area contributed by atoms with E-state index in [-0.39, 0.29) is 11.0 Å². The van der Waals surface area contributed by atoms with Crippen molar-refractivity contribution in [2.24, 2.45) is 0 Å². The third-order valence-electron chi connectivity index (χ3n) is 3.32. The molecule has 0 bridgehead atoms. The van der Waals surface area contributed by atoms with Crippen molar-refractivity contribution in [1.82, 2.24) is 19.7 Å². The van der Waals surface area contributed by atoms with Gasteiger partial charge in [-0.3, -0.25) is 19.4 Å². The van der Waals surface area contributed by atoms with Gasteiger partial charge in [-0.05, 0) is 0 Å². The van der Waals surface area contributed by atoms with E-state index < -0.39 is 42.4 Å². The number of rotatable bonds is 2. The zero-order chi connectivity index (χ0) is 14.4. The van der Waals surface area contributed by atoms with Crippen LogP contribution in [0.1, 0.15) is 6.23 Å². The second-order valence-corrected chi connectivity index (χ2v) is 4.49. The smallest absolute Gasteiger partial charge is 0.331 e. The number of nitrogens with one attached hydrogen (secondary N) is 2. The number of aromatic amines is 2. The van der Waals surface area contributed by atoms with Crippen LogP contribution in [-0.2, 0) is 4.74 Å². The second-order valence-electron chi connectivity index (χ2n) is 4.49. The number of H-pyrrole nitrogens is 2. The van der Waals surface area contributed by atoms with Crippen molar-refractivity contribution in [2.45, 2.75) is 24.5 Å². The topological polar surface area (TPSA) is 153 Å². The van der Waals surface area contributed by atoms with Gasteiger partial charge in [0.1, 0.15) is 23.8 Å². The van der Waals surface area contributed by atoms with Crippen LogP contribution < -0.4 is 11.2 Å². The van der Waals surface area contributed by atoms with Crippen LogP contribution in [0.3, 0.4) is 0 Å². The number of fused-ring (bicyclic) bond motifs is 1. The Balaban J connectivity index is 2.18. The molecule has 0 amide bonds. The Bertz CT molecular complexity index is 748. The fourth-order valence-electron chi connectivity index (χ4n) is 2.30. The molecule has 1 fully saturated rings. The van der Waals surface area contributed by atoms with Crippen molar-refractivity contribution >= 4 is 11.0 Å². The normalized spacial score (nSPS) is 30.1. The molecule has 10 nitrogen and oxygen atoms in total. The van der Waals surface area contributed by atoms with Gasteiger partial charge in [-0.15, -0.1) is 0 Å². The van der Waals surface area contributed by atoms with E-state index in [1.54, 1.807) is 0 Å². The molecule has 0 spiro atoms. The largest absolute Gasteiger partial charge is 0.394 e. The summed E-state index contributed by atoms with van der Waals surface area (Å²) in [7, 11) is 0. The molecular formula is C10H12N4O6. The van der Waals surface area contributed by atoms with Crippen molar-refractivity contribution in [3.05, 3.63) is 27.0 Å². The maximum atomic E-state index is 11.9. The summed E-state index contributed by atoms with van der Waals surface area (Å²) >= 11 is 0. The van der Waals surface area contributed by atoms with Gasteiger partial charge in [0.2, 0.25) is 0 Å². The average molecular weight is 284 g/mol. The number of nitrogens with zero attached hydrogens (tertiary/aromatic N) is 2. The van der Waals surface area contributed by atoms with Crippen LogP contribution in [0.5, 0.6) is 0 Å². The number of hydrogen-bond donors (Lipinski definition) is 5. The van der Waals surface area contributed by atoms with E-state index in [9.17, 15) is 19.8 Å². The molecule has 0 unspecified atom stereocenters. The highest BCUT2D eigenvalue weighted by molar-refractivity contribution is 5.72. The molecule has 0 saturated carbocycles. The summed E-state index contributed by atoms with van der Waals surface area (Å²) in [6.45, 7) is -0.513. The quantitative estimate of drug-likeness (QED) is 0.394. The standard InChI is InChI=1S/C10H12N4O6/c15-2-4-6(16)7(17)9(20-4)14-3-1-11-13-5(3)8(18)12-10(14)19/h1,4,6-7,9,15-17H,2H2,(H,11,13)(H,12,18,19)/t4-,6-,7+,9-/m1/s1. The fraction of sp³-hybridized carbons (Fsp3) is 0.500. The van der Waals surface area contributed by atoms with Crippen LogP contribution in [0.15, 0.2) is 15.8 Å². The van der Waals surface area contributed by atoms with Gasteiger partial charge < -0.3 is 20.1 Å². The van der Waals surface area contributed by atoms with E-state index in [1.807, 2.05) is 0 Å². The first-order valence-corrected chi connectivity index (χ1v) is 5.85. The Morgan fingerprint density at radius 2 is 2.10 bits per heavy atom. The molecule has 10 heteroatoms. The second kappa shape index (κ2) is 4.52. The van der Waals surface area contributed by atoms with E-state index in [0.717, 1.165) is 4.57 Å². The van der Waals surface area contributed by atoms with E-state index in [1.165, 1.54) is 6.20 Å². The molecule has 1 aliphatic rings. The van der Waals surface area contributed by atoms with Gasteiger partial charge in [0.05, 0.1) is 18.3 Å². The van der Waals surface area contributed by atoms with Crippen molar-refractivity contribution in [3.63, 3.8) is 0 Å². The predicted molar refractivity (Wildman–Crippen MR) is 64.0 cm³/mol. The molecule has 2 aromatic rings. The lowest BCUT2D eigenvalue weighted by molar-refractivity contribution is -0.0527. The highest BCUT2D eigenvalue weighted by atomic mass is 16.6. The van der Waals surface area contributed by atoms with Gasteiger partial charge in [0.15, 0.2) is 6.23 Å². The Labute approximate surface area is 110 Å². The van der Waals surface area contributed by atoms with Crippen LogP contribution in [-0.4, -0.2) is 60.0 Å². The van der Waals surface area contributed by atoms with Crippen molar-refractivity contribution in [1.29, 1.82) is 0 Å². The van der Waals surface area contributed by atoms with Crippen molar-refractivity contribution < 1.29 is 20.1 Å². The molecule has 1 aliphatic heterocycles. The zero-order valence-electron chi connectivity index (χ0n) is 10.1. The number of aliphatic hydroxyl groups is 3. The molecule has 20 heavy (non-hydrogen) atoms. The first-order chi connectivity index (χ1) is 9.54. The summed E-state index contributed by atoms with van der Waals surface area (Å²) in [6, 6.07) is 0. The summed E-state index contributed by atoms with van der Waals surface area (Å²) in [4.78, 5) is 25.5. The number of hydrogen-bond acceptors (Lipinski definition) is 7. The summed E-state index contributed by atoms with van der Waals surface area (Å²) in [5, 5.41) is 34.8. The zero-order valence-corrected chi connectivity index (χ0v) is 10.1. The molecular weight excluding hydrogens is 272 g/mol. The maximum absolute atomic E-state index is 11.9. The molecule has 4 atom stereocenters. The monoisotopic (exact) mass is 284 g/mol. The minimum absolute atomic E-state index is 0.0438. The van der Waals surface area contributed by atoms with Crippen LogP contribution in [0.4, 0.5) is 0 Å². The molecule has 108 valence electrons. The average Bonchev–Trinajstić information content (AvgIpc) is 2.99. The van der Waals surface area contributed by atoms with Gasteiger partial charge in [-0.1, -0.05) is 0 Å². The van der Waals surface area contributed by atoms with Crippen molar-refractivity contribution in [2.75, 3.05) is 6.61 Å². The maximum Gasteiger partial charge on any atom is 0.331 e. The number of aromatic nitrogens is 4. The van der Waals surface area contributed by atoms with E-state index >= 15 is 0 Å². The SMILES string of the molecule is O=c1[nH]c(=O)n([C@@H]2O[C@H](CO)[C@@H](O)[C@@H]2O)c2cn[nH]c12. The predicted octanol–water partition coefficient (Wildman–Crippen LogP) is -2.98. The minimum atomic E-state index is -1.42. The number of ether oxygens (including phenoxy) is 1. The fourth-order valence-corrected chi connectivity index (χ4v) is 2.30. The molecule has 3 rings (SSSR count). The van der Waals surface area contributed by atoms with Gasteiger partial charge in [0.25, 0.3) is 5.56 Å². The lowest BCUT2D eigenvalue weighted by Crippen LogP contribution is -2.38. The highest BCUT2D eigenvalue weighted by Crippen LogP contribution is 2.29. The molecule has 1 saturated heterocycles. The Morgan fingerprint density at radius 1 is 1.35 bits per heavy atom. The summed E-state index contributed by atoms with van der Waals surface area (Å²) in [5.41, 5.74) is -1.28. The van der Waals surface area contributed by atoms with Crippen LogP contribution in [0, 0.1) is 0 Å². The van der Waals surface area contributed by atoms with Gasteiger partial charge >= 0.3 is 5.69 Å². The third kappa shape index (κ3) is 1.70. The first-order valence-electron chi connectivity index (χ1n) is 5.85. The highest BCUT2D eigenvalue weighted by Gasteiger charge is 2.44. The Kier molecular flexibility index (Phi) is 2.94. The summed E-state index contributed by atoms with van der Waals surface area (Å²) in [6.07, 6.45) is -3.78. The minimum Gasteiger partial charge on any atom is -0.394 e. The summed E-state index contributed by atoms with van der Waals surface area (Å²) < 4.78 is 6.24. The van der Waals surface area contributed by atoms with Crippen LogP contribution in [0.25, 0.3) is 11.0 Å². The molecule has 2 aromatic heterocycles. The molecule has 3 heterocycles. The Hall–Kier alpha value is -2.01. The lowest BCUT2D eigenvalue weighted by atomic mass is 10.1. The van der Waals surface area contributed by atoms with E-state index in [2.05, 4.69) is 15.2 Å². The van der Waals surface area contributed by atoms with Gasteiger partial charge in [-0.2, -0.15) is 5.10 Å². The van der Waals surface area contributed by atoms with Crippen molar-refractivity contribution in [3.8, 4) is 0 Å². The third-order valence-corrected chi connectivity index (χ3v) is 3.32. The lowest BCUT2D eigenvalue weighted by Gasteiger charge is -2.17.